The molecule has 0 aromatic heterocycles. The van der Waals surface area contributed by atoms with Crippen LogP contribution in [0.4, 0.5) is 5.69 Å². The molecule has 0 aliphatic heterocycles. The van der Waals surface area contributed by atoms with Crippen LogP contribution in [0, 0.1) is 0 Å². The number of hydrogen-bond donors (Lipinski definition) is 2. The van der Waals surface area contributed by atoms with Gasteiger partial charge in [0.2, 0.25) is 0 Å². The van der Waals surface area contributed by atoms with Gasteiger partial charge in [-0.15, -0.1) is 0 Å². The molecule has 16 heavy (non-hydrogen) atoms. The molecule has 0 bridgehead atoms. The smallest absolute Gasteiger partial charge is 0.141 e. The van der Waals surface area contributed by atoms with Gasteiger partial charge in [-0.3, -0.25) is 0 Å². The average Bonchev–Trinajstić information content (AvgIpc) is 2.34. The van der Waals surface area contributed by atoms with Crippen LogP contribution in [0.25, 0.3) is 0 Å². The first-order valence-electron chi connectivity index (χ1n) is 5.45. The fourth-order valence-electron chi connectivity index (χ4n) is 1.38. The van der Waals surface area contributed by atoms with Crippen molar-refractivity contribution in [3.63, 3.8) is 0 Å². The largest absolute Gasteiger partial charge is 0.495 e. The van der Waals surface area contributed by atoms with Crippen molar-refractivity contribution in [2.45, 2.75) is 0 Å². The lowest BCUT2D eigenvalue weighted by Crippen LogP contribution is -2.25. The van der Waals surface area contributed by atoms with E-state index < -0.39 is 0 Å². The zero-order valence-corrected chi connectivity index (χ0v) is 9.95. The van der Waals surface area contributed by atoms with E-state index in [1.54, 1.807) is 14.2 Å². The quantitative estimate of drug-likeness (QED) is 0.654. The predicted octanol–water partition coefficient (Wildman–Crippen LogP) is 1.34. The SMILES string of the molecule is COCCNCCNc1ccccc1OC. The van der Waals surface area contributed by atoms with E-state index in [1.807, 2.05) is 24.3 Å². The second kappa shape index (κ2) is 7.96. The molecule has 0 spiro atoms. The number of benzene rings is 1. The molecule has 0 unspecified atom stereocenters. The topological polar surface area (TPSA) is 42.5 Å². The Morgan fingerprint density at radius 1 is 1.06 bits per heavy atom. The van der Waals surface area contributed by atoms with Crippen molar-refractivity contribution in [2.24, 2.45) is 0 Å². The molecule has 90 valence electrons. The first-order valence-corrected chi connectivity index (χ1v) is 5.45. The summed E-state index contributed by atoms with van der Waals surface area (Å²) in [7, 11) is 3.38. The van der Waals surface area contributed by atoms with Crippen molar-refractivity contribution in [1.29, 1.82) is 0 Å². The van der Waals surface area contributed by atoms with E-state index in [0.717, 1.165) is 37.7 Å². The van der Waals surface area contributed by atoms with Crippen molar-refractivity contribution in [1.82, 2.24) is 5.32 Å². The van der Waals surface area contributed by atoms with Gasteiger partial charge in [0.15, 0.2) is 0 Å². The molecule has 4 nitrogen and oxygen atoms in total. The van der Waals surface area contributed by atoms with Crippen LogP contribution in [0.15, 0.2) is 24.3 Å². The Balaban J connectivity index is 2.21. The van der Waals surface area contributed by atoms with E-state index in [4.69, 9.17) is 9.47 Å². The average molecular weight is 224 g/mol. The number of ether oxygens (including phenoxy) is 2. The zero-order valence-electron chi connectivity index (χ0n) is 9.95. The van der Waals surface area contributed by atoms with E-state index in [9.17, 15) is 0 Å². The van der Waals surface area contributed by atoms with Crippen LogP contribution in [0.1, 0.15) is 0 Å². The van der Waals surface area contributed by atoms with E-state index in [1.165, 1.54) is 0 Å². The molecule has 0 aliphatic carbocycles. The Labute approximate surface area is 96.9 Å². The minimum absolute atomic E-state index is 0.745. The Bertz CT molecular complexity index is 292. The van der Waals surface area contributed by atoms with Gasteiger partial charge in [-0.1, -0.05) is 12.1 Å². The second-order valence-electron chi connectivity index (χ2n) is 3.37. The summed E-state index contributed by atoms with van der Waals surface area (Å²) >= 11 is 0. The fourth-order valence-corrected chi connectivity index (χ4v) is 1.38. The second-order valence-corrected chi connectivity index (χ2v) is 3.37. The van der Waals surface area contributed by atoms with Crippen LogP contribution in [0.5, 0.6) is 5.75 Å². The molecular formula is C12H20N2O2. The molecule has 0 amide bonds. The van der Waals surface area contributed by atoms with Crippen LogP contribution < -0.4 is 15.4 Å². The molecule has 0 heterocycles. The molecule has 4 heteroatoms. The molecule has 1 aromatic rings. The molecule has 0 radical (unpaired) electrons. The highest BCUT2D eigenvalue weighted by atomic mass is 16.5. The Kier molecular flexibility index (Phi) is 6.37. The number of methoxy groups -OCH3 is 2. The van der Waals surface area contributed by atoms with Crippen LogP contribution in [0.3, 0.4) is 0 Å². The summed E-state index contributed by atoms with van der Waals surface area (Å²) in [5.41, 5.74) is 1.03. The summed E-state index contributed by atoms with van der Waals surface area (Å²) in [5.74, 6) is 0.874. The van der Waals surface area contributed by atoms with E-state index in [0.29, 0.717) is 0 Å². The molecule has 0 fully saturated rings. The molecule has 2 N–H and O–H groups in total. The van der Waals surface area contributed by atoms with Crippen molar-refractivity contribution < 1.29 is 9.47 Å². The lowest BCUT2D eigenvalue weighted by atomic mass is 10.3. The summed E-state index contributed by atoms with van der Waals surface area (Å²) < 4.78 is 10.2. The lowest BCUT2D eigenvalue weighted by molar-refractivity contribution is 0.200. The first-order chi connectivity index (χ1) is 7.88. The summed E-state index contributed by atoms with van der Waals surface area (Å²) in [5, 5.41) is 6.58. The summed E-state index contributed by atoms with van der Waals surface area (Å²) in [6, 6.07) is 7.90. The fraction of sp³-hybridized carbons (Fsp3) is 0.500. The van der Waals surface area contributed by atoms with Crippen molar-refractivity contribution in [2.75, 3.05) is 45.8 Å². The molecule has 1 rings (SSSR count). The Morgan fingerprint density at radius 3 is 2.62 bits per heavy atom. The van der Waals surface area contributed by atoms with E-state index in [2.05, 4.69) is 10.6 Å². The maximum atomic E-state index is 5.24. The van der Waals surface area contributed by atoms with Gasteiger partial charge in [0.05, 0.1) is 19.4 Å². The van der Waals surface area contributed by atoms with Gasteiger partial charge >= 0.3 is 0 Å². The van der Waals surface area contributed by atoms with Crippen LogP contribution in [-0.4, -0.2) is 40.5 Å². The molecule has 1 aromatic carbocycles. The predicted molar refractivity (Wildman–Crippen MR) is 66.2 cm³/mol. The minimum Gasteiger partial charge on any atom is -0.495 e. The number of para-hydroxylation sites is 2. The summed E-state index contributed by atoms with van der Waals surface area (Å²) in [4.78, 5) is 0. The number of nitrogens with one attached hydrogen (secondary N) is 2. The maximum Gasteiger partial charge on any atom is 0.141 e. The normalized spacial score (nSPS) is 10.1. The molecule has 0 saturated carbocycles. The molecule has 0 atom stereocenters. The minimum atomic E-state index is 0.745. The van der Waals surface area contributed by atoms with Gasteiger partial charge in [0.1, 0.15) is 5.75 Å². The highest BCUT2D eigenvalue weighted by Crippen LogP contribution is 2.22. The number of rotatable bonds is 8. The third-order valence-electron chi connectivity index (χ3n) is 2.21. The van der Waals surface area contributed by atoms with Gasteiger partial charge in [-0.05, 0) is 12.1 Å². The summed E-state index contributed by atoms with van der Waals surface area (Å²) in [6.45, 7) is 3.39. The van der Waals surface area contributed by atoms with Crippen molar-refractivity contribution in [3.8, 4) is 5.75 Å². The van der Waals surface area contributed by atoms with E-state index in [-0.39, 0.29) is 0 Å². The first kappa shape index (κ1) is 12.8. The number of hydrogen-bond acceptors (Lipinski definition) is 4. The Morgan fingerprint density at radius 2 is 1.88 bits per heavy atom. The molecule has 0 aliphatic rings. The van der Waals surface area contributed by atoms with Gasteiger partial charge in [-0.2, -0.15) is 0 Å². The highest BCUT2D eigenvalue weighted by Gasteiger charge is 1.98. The zero-order chi connectivity index (χ0) is 11.6. The van der Waals surface area contributed by atoms with Crippen molar-refractivity contribution >= 4 is 5.69 Å². The Hall–Kier alpha value is -1.26. The van der Waals surface area contributed by atoms with Gasteiger partial charge in [-0.25, -0.2) is 0 Å². The van der Waals surface area contributed by atoms with Crippen molar-refractivity contribution in [3.05, 3.63) is 24.3 Å². The monoisotopic (exact) mass is 224 g/mol. The van der Waals surface area contributed by atoms with Gasteiger partial charge < -0.3 is 20.1 Å². The maximum absolute atomic E-state index is 5.24. The highest BCUT2D eigenvalue weighted by molar-refractivity contribution is 5.55. The van der Waals surface area contributed by atoms with Crippen LogP contribution >= 0.6 is 0 Å². The third-order valence-corrected chi connectivity index (χ3v) is 2.21. The van der Waals surface area contributed by atoms with Crippen LogP contribution in [0.2, 0.25) is 0 Å². The molecular weight excluding hydrogens is 204 g/mol. The van der Waals surface area contributed by atoms with Crippen LogP contribution in [-0.2, 0) is 4.74 Å². The standard InChI is InChI=1S/C12H20N2O2/c1-15-10-9-13-7-8-14-11-5-3-4-6-12(11)16-2/h3-6,13-14H,7-10H2,1-2H3. The molecule has 0 saturated heterocycles. The van der Waals surface area contributed by atoms with Gasteiger partial charge in [0.25, 0.3) is 0 Å². The summed E-state index contributed by atoms with van der Waals surface area (Å²) in [6.07, 6.45) is 0. The number of anilines is 1. The van der Waals surface area contributed by atoms with E-state index >= 15 is 0 Å². The van der Waals surface area contributed by atoms with Gasteiger partial charge in [0, 0.05) is 26.7 Å². The lowest BCUT2D eigenvalue weighted by Gasteiger charge is -2.11. The third kappa shape index (κ3) is 4.51.